The van der Waals surface area contributed by atoms with Crippen LogP contribution in [0.25, 0.3) is 0 Å². The average molecular weight is 405 g/mol. The molecule has 1 atom stereocenters. The molecule has 1 unspecified atom stereocenters. The minimum atomic E-state index is -4.39. The van der Waals surface area contributed by atoms with Gasteiger partial charge in [0.05, 0.1) is 11.0 Å². The highest BCUT2D eigenvalue weighted by Crippen LogP contribution is 2.43. The monoisotopic (exact) mass is 404 g/mol. The van der Waals surface area contributed by atoms with E-state index < -0.39 is 17.2 Å². The number of carbonyl (C=O) groups excluding carboxylic acids is 1. The number of nitrogens with zero attached hydrogens (tertiary/aromatic N) is 1. The van der Waals surface area contributed by atoms with Crippen LogP contribution in [-0.2, 0) is 16.4 Å². The maximum atomic E-state index is 13.5. The molecule has 1 aromatic carbocycles. The third-order valence-electron chi connectivity index (χ3n) is 5.92. The van der Waals surface area contributed by atoms with Crippen LogP contribution in [0.5, 0.6) is 0 Å². The van der Waals surface area contributed by atoms with Gasteiger partial charge in [0.1, 0.15) is 0 Å². The summed E-state index contributed by atoms with van der Waals surface area (Å²) >= 11 is 0. The average Bonchev–Trinajstić information content (AvgIpc) is 3.10. The molecule has 1 saturated carbocycles. The molecule has 0 radical (unpaired) electrons. The van der Waals surface area contributed by atoms with Crippen LogP contribution < -0.4 is 5.32 Å². The fourth-order valence-corrected chi connectivity index (χ4v) is 4.55. The van der Waals surface area contributed by atoms with Crippen LogP contribution in [0.4, 0.5) is 13.2 Å². The van der Waals surface area contributed by atoms with E-state index in [1.54, 1.807) is 6.07 Å². The lowest BCUT2D eigenvalue weighted by Gasteiger charge is -2.39. The lowest BCUT2D eigenvalue weighted by molar-refractivity contribution is -0.140. The molecule has 27 heavy (non-hydrogen) atoms. The summed E-state index contributed by atoms with van der Waals surface area (Å²) in [5, 5.41) is 3.15. The van der Waals surface area contributed by atoms with Crippen LogP contribution in [0.15, 0.2) is 24.3 Å². The third kappa shape index (κ3) is 4.60. The molecule has 7 heteroatoms. The van der Waals surface area contributed by atoms with Crippen LogP contribution in [0.1, 0.15) is 49.7 Å². The first kappa shape index (κ1) is 22.0. The summed E-state index contributed by atoms with van der Waals surface area (Å²) < 4.78 is 39.6. The first-order valence-electron chi connectivity index (χ1n) is 9.48. The minimum Gasteiger partial charge on any atom is -0.342 e. The Hall–Kier alpha value is -1.27. The zero-order valence-corrected chi connectivity index (χ0v) is 16.5. The normalized spacial score (nSPS) is 22.4. The number of likely N-dealkylation sites (tertiary alicyclic amines) is 1. The van der Waals surface area contributed by atoms with E-state index in [4.69, 9.17) is 0 Å². The Labute approximate surface area is 165 Å². The highest BCUT2D eigenvalue weighted by Gasteiger charge is 2.45. The van der Waals surface area contributed by atoms with E-state index in [-0.39, 0.29) is 18.3 Å². The van der Waals surface area contributed by atoms with Crippen molar-refractivity contribution < 1.29 is 18.0 Å². The Kier molecular flexibility index (Phi) is 7.20. The van der Waals surface area contributed by atoms with Crippen molar-refractivity contribution in [1.29, 1.82) is 0 Å². The molecule has 1 aromatic rings. The fraction of sp³-hybridized carbons (Fsp3) is 0.650. The summed E-state index contributed by atoms with van der Waals surface area (Å²) in [5.74, 6) is 0.446. The van der Waals surface area contributed by atoms with Crippen LogP contribution in [0, 0.1) is 5.92 Å². The maximum Gasteiger partial charge on any atom is 0.416 e. The van der Waals surface area contributed by atoms with E-state index in [1.807, 2.05) is 11.9 Å². The standard InChI is InChI=1S/C20H27F3N2O.ClH/c1-24-13-15-8-11-25(14-15)18(26)19(9-3-2-4-10-19)16-6-5-7-17(12-16)20(21,22)23;/h5-7,12,15,24H,2-4,8-11,13-14H2,1H3;1H. The molecular weight excluding hydrogens is 377 g/mol. The summed E-state index contributed by atoms with van der Waals surface area (Å²) in [6, 6.07) is 5.43. The predicted molar refractivity (Wildman–Crippen MR) is 102 cm³/mol. The summed E-state index contributed by atoms with van der Waals surface area (Å²) in [5.41, 5.74) is -0.926. The van der Waals surface area contributed by atoms with E-state index in [1.165, 1.54) is 12.1 Å². The van der Waals surface area contributed by atoms with Crippen LogP contribution >= 0.6 is 12.4 Å². The molecule has 2 aliphatic rings. The van der Waals surface area contributed by atoms with Gasteiger partial charge in [-0.3, -0.25) is 4.79 Å². The van der Waals surface area contributed by atoms with Gasteiger partial charge in [-0.1, -0.05) is 37.5 Å². The summed E-state index contributed by atoms with van der Waals surface area (Å²) in [6.45, 7) is 2.26. The van der Waals surface area contributed by atoms with Gasteiger partial charge < -0.3 is 10.2 Å². The van der Waals surface area contributed by atoms with Crippen molar-refractivity contribution in [2.75, 3.05) is 26.7 Å². The van der Waals surface area contributed by atoms with Gasteiger partial charge >= 0.3 is 6.18 Å². The Morgan fingerprint density at radius 1 is 1.26 bits per heavy atom. The lowest BCUT2D eigenvalue weighted by atomic mass is 9.68. The second-order valence-electron chi connectivity index (χ2n) is 7.68. The summed E-state index contributed by atoms with van der Waals surface area (Å²) in [6.07, 6.45) is 0.647. The Bertz CT molecular complexity index is 644. The van der Waals surface area contributed by atoms with E-state index >= 15 is 0 Å². The van der Waals surface area contributed by atoms with Gasteiger partial charge in [0.15, 0.2) is 0 Å². The Morgan fingerprint density at radius 3 is 2.59 bits per heavy atom. The molecule has 1 aliphatic heterocycles. The molecule has 1 amide bonds. The molecule has 0 spiro atoms. The largest absolute Gasteiger partial charge is 0.416 e. The smallest absolute Gasteiger partial charge is 0.342 e. The quantitative estimate of drug-likeness (QED) is 0.806. The molecule has 152 valence electrons. The SMILES string of the molecule is CNCC1CCN(C(=O)C2(c3cccc(C(F)(F)F)c3)CCCCC2)C1.Cl. The molecule has 1 aliphatic carbocycles. The van der Waals surface area contributed by atoms with Crippen LogP contribution in [0.2, 0.25) is 0 Å². The molecule has 1 saturated heterocycles. The van der Waals surface area contributed by atoms with Crippen molar-refractivity contribution in [2.24, 2.45) is 5.92 Å². The number of alkyl halides is 3. The number of halogens is 4. The fourth-order valence-electron chi connectivity index (χ4n) is 4.55. The van der Waals surface area contributed by atoms with Gasteiger partial charge in [0.2, 0.25) is 5.91 Å². The molecule has 2 fully saturated rings. The van der Waals surface area contributed by atoms with Gasteiger partial charge in [0.25, 0.3) is 0 Å². The zero-order chi connectivity index (χ0) is 18.8. The molecule has 0 aromatic heterocycles. The highest BCUT2D eigenvalue weighted by molar-refractivity contribution is 5.88. The van der Waals surface area contributed by atoms with Gasteiger partial charge in [-0.2, -0.15) is 13.2 Å². The van der Waals surface area contributed by atoms with Gasteiger partial charge in [-0.05, 0) is 50.4 Å². The maximum absolute atomic E-state index is 13.5. The molecule has 3 rings (SSSR count). The number of amides is 1. The third-order valence-corrected chi connectivity index (χ3v) is 5.92. The van der Waals surface area contributed by atoms with Gasteiger partial charge in [-0.25, -0.2) is 0 Å². The first-order chi connectivity index (χ1) is 12.4. The number of carbonyl (C=O) groups is 1. The van der Waals surface area contributed by atoms with Crippen LogP contribution in [0.3, 0.4) is 0 Å². The number of hydrogen-bond donors (Lipinski definition) is 1. The van der Waals surface area contributed by atoms with Crippen molar-refractivity contribution >= 4 is 18.3 Å². The molecule has 0 bridgehead atoms. The summed E-state index contributed by atoms with van der Waals surface area (Å²) in [4.78, 5) is 15.3. The van der Waals surface area contributed by atoms with Crippen LogP contribution in [-0.4, -0.2) is 37.5 Å². The van der Waals surface area contributed by atoms with Gasteiger partial charge in [-0.15, -0.1) is 12.4 Å². The zero-order valence-electron chi connectivity index (χ0n) is 15.6. The second-order valence-corrected chi connectivity index (χ2v) is 7.68. The van der Waals surface area contributed by atoms with Crippen molar-refractivity contribution in [1.82, 2.24) is 10.2 Å². The predicted octanol–water partition coefficient (Wildman–Crippen LogP) is 4.40. The molecule has 1 heterocycles. The summed E-state index contributed by atoms with van der Waals surface area (Å²) in [7, 11) is 1.90. The highest BCUT2D eigenvalue weighted by atomic mass is 35.5. The van der Waals surface area contributed by atoms with Crippen molar-refractivity contribution in [3.8, 4) is 0 Å². The van der Waals surface area contributed by atoms with Crippen molar-refractivity contribution in [3.05, 3.63) is 35.4 Å². The number of rotatable bonds is 4. The lowest BCUT2D eigenvalue weighted by Crippen LogP contribution is -2.47. The molecule has 3 nitrogen and oxygen atoms in total. The van der Waals surface area contributed by atoms with Crippen molar-refractivity contribution in [3.63, 3.8) is 0 Å². The minimum absolute atomic E-state index is 0. The Morgan fingerprint density at radius 2 is 1.96 bits per heavy atom. The van der Waals surface area contributed by atoms with E-state index in [2.05, 4.69) is 5.32 Å². The second kappa shape index (κ2) is 8.82. The van der Waals surface area contributed by atoms with Gasteiger partial charge in [0, 0.05) is 13.1 Å². The number of nitrogens with one attached hydrogen (secondary N) is 1. The first-order valence-corrected chi connectivity index (χ1v) is 9.48. The van der Waals surface area contributed by atoms with Crippen molar-refractivity contribution in [2.45, 2.75) is 50.1 Å². The van der Waals surface area contributed by atoms with E-state index in [9.17, 15) is 18.0 Å². The number of benzene rings is 1. The molecule has 1 N–H and O–H groups in total. The van der Waals surface area contributed by atoms with E-state index in [0.717, 1.165) is 38.3 Å². The van der Waals surface area contributed by atoms with E-state index in [0.29, 0.717) is 37.4 Å². The molecular formula is C20H28ClF3N2O. The topological polar surface area (TPSA) is 32.3 Å². The number of hydrogen-bond acceptors (Lipinski definition) is 2. The Balaban J connectivity index is 0.00000261.